The van der Waals surface area contributed by atoms with Crippen LogP contribution < -0.4 is 0 Å². The first-order valence-electron chi connectivity index (χ1n) is 7.53. The van der Waals surface area contributed by atoms with Crippen molar-refractivity contribution in [2.45, 2.75) is 58.0 Å². The van der Waals surface area contributed by atoms with E-state index in [9.17, 15) is 9.90 Å². The third kappa shape index (κ3) is 3.60. The Hall–Kier alpha value is -1.35. The van der Waals surface area contributed by atoms with E-state index in [0.29, 0.717) is 6.42 Å². The van der Waals surface area contributed by atoms with Crippen molar-refractivity contribution in [3.8, 4) is 0 Å². The average molecular weight is 276 g/mol. The molecule has 0 spiro atoms. The molecule has 1 unspecified atom stereocenters. The minimum Gasteiger partial charge on any atom is -0.481 e. The van der Waals surface area contributed by atoms with Crippen molar-refractivity contribution in [2.24, 2.45) is 5.41 Å². The molecule has 0 amide bonds. The number of carbonyl (C=O) groups is 1. The third-order valence-electron chi connectivity index (χ3n) is 4.59. The number of carboxylic acids is 1. The molecule has 110 valence electrons. The van der Waals surface area contributed by atoms with Gasteiger partial charge in [0.25, 0.3) is 0 Å². The van der Waals surface area contributed by atoms with Gasteiger partial charge in [-0.2, -0.15) is 0 Å². The lowest BCUT2D eigenvalue weighted by molar-refractivity contribution is -0.140. The number of hydrogen-bond acceptors (Lipinski definition) is 2. The molecule has 2 rings (SSSR count). The Morgan fingerprint density at radius 2 is 1.85 bits per heavy atom. The van der Waals surface area contributed by atoms with Gasteiger partial charge in [-0.1, -0.05) is 44.0 Å². The quantitative estimate of drug-likeness (QED) is 0.832. The van der Waals surface area contributed by atoms with Crippen LogP contribution in [0.5, 0.6) is 0 Å². The fourth-order valence-corrected chi connectivity index (χ4v) is 3.40. The molecule has 0 bridgehead atoms. The van der Waals surface area contributed by atoms with E-state index in [-0.39, 0.29) is 11.8 Å². The van der Waals surface area contributed by atoms with E-state index in [0.717, 1.165) is 37.7 Å². The van der Waals surface area contributed by atoms with Crippen molar-refractivity contribution in [1.82, 2.24) is 0 Å². The molecular formula is C17H24O3. The van der Waals surface area contributed by atoms with Gasteiger partial charge in [0.15, 0.2) is 0 Å². The van der Waals surface area contributed by atoms with Crippen molar-refractivity contribution in [1.29, 1.82) is 0 Å². The van der Waals surface area contributed by atoms with E-state index in [1.807, 2.05) is 24.3 Å². The molecule has 1 saturated carbocycles. The molecule has 1 aromatic carbocycles. The fraction of sp³-hybridized carbons (Fsp3) is 0.588. The summed E-state index contributed by atoms with van der Waals surface area (Å²) < 4.78 is 0. The third-order valence-corrected chi connectivity index (χ3v) is 4.59. The number of benzene rings is 1. The zero-order valence-corrected chi connectivity index (χ0v) is 12.1. The zero-order valence-electron chi connectivity index (χ0n) is 12.1. The molecule has 0 aliphatic heterocycles. The molecular weight excluding hydrogens is 252 g/mol. The van der Waals surface area contributed by atoms with Crippen molar-refractivity contribution in [3.63, 3.8) is 0 Å². The summed E-state index contributed by atoms with van der Waals surface area (Å²) in [5.74, 6) is -0.750. The van der Waals surface area contributed by atoms with Gasteiger partial charge in [-0.15, -0.1) is 0 Å². The number of carboxylic acid groups (broad SMARTS) is 1. The Labute approximate surface area is 120 Å². The first kappa shape index (κ1) is 15.0. The highest BCUT2D eigenvalue weighted by Gasteiger charge is 2.37. The van der Waals surface area contributed by atoms with Crippen LogP contribution in [0, 0.1) is 5.41 Å². The standard InChI is InChI=1S/C17H24O3/c1-2-13-5-7-14(8-6-13)15(18)11-17(12-16(19)20)9-3-4-10-17/h5-8,15,18H,2-4,9-12H2,1H3,(H,19,20). The summed E-state index contributed by atoms with van der Waals surface area (Å²) in [5.41, 5.74) is 1.94. The maximum Gasteiger partial charge on any atom is 0.303 e. The van der Waals surface area contributed by atoms with Crippen molar-refractivity contribution in [2.75, 3.05) is 0 Å². The van der Waals surface area contributed by atoms with Gasteiger partial charge < -0.3 is 10.2 Å². The maximum atomic E-state index is 11.1. The van der Waals surface area contributed by atoms with Gasteiger partial charge in [-0.25, -0.2) is 0 Å². The predicted molar refractivity (Wildman–Crippen MR) is 78.6 cm³/mol. The molecule has 20 heavy (non-hydrogen) atoms. The van der Waals surface area contributed by atoms with Gasteiger partial charge in [0.2, 0.25) is 0 Å². The number of aliphatic hydroxyl groups is 1. The van der Waals surface area contributed by atoms with E-state index in [4.69, 9.17) is 5.11 Å². The molecule has 0 saturated heterocycles. The summed E-state index contributed by atoms with van der Waals surface area (Å²) in [6.45, 7) is 2.10. The van der Waals surface area contributed by atoms with E-state index in [1.54, 1.807) is 0 Å². The van der Waals surface area contributed by atoms with E-state index in [1.165, 1.54) is 5.56 Å². The predicted octanol–water partition coefficient (Wildman–Crippen LogP) is 3.71. The molecule has 3 nitrogen and oxygen atoms in total. The topological polar surface area (TPSA) is 57.5 Å². The largest absolute Gasteiger partial charge is 0.481 e. The molecule has 1 aromatic rings. The van der Waals surface area contributed by atoms with E-state index >= 15 is 0 Å². The number of rotatable bonds is 6. The van der Waals surface area contributed by atoms with Crippen molar-refractivity contribution < 1.29 is 15.0 Å². The van der Waals surface area contributed by atoms with Crippen LogP contribution in [0.25, 0.3) is 0 Å². The lowest BCUT2D eigenvalue weighted by atomic mass is 9.76. The highest BCUT2D eigenvalue weighted by Crippen LogP contribution is 2.47. The van der Waals surface area contributed by atoms with E-state index < -0.39 is 12.1 Å². The molecule has 3 heteroatoms. The van der Waals surface area contributed by atoms with Crippen LogP contribution in [0.3, 0.4) is 0 Å². The lowest BCUT2D eigenvalue weighted by Gasteiger charge is -2.29. The van der Waals surface area contributed by atoms with Crippen LogP contribution in [-0.4, -0.2) is 16.2 Å². The summed E-state index contributed by atoms with van der Waals surface area (Å²) in [4.78, 5) is 11.1. The molecule has 1 fully saturated rings. The van der Waals surface area contributed by atoms with Crippen molar-refractivity contribution >= 4 is 5.97 Å². The summed E-state index contributed by atoms with van der Waals surface area (Å²) >= 11 is 0. The Morgan fingerprint density at radius 1 is 1.25 bits per heavy atom. The number of aliphatic hydroxyl groups excluding tert-OH is 1. The van der Waals surface area contributed by atoms with Gasteiger partial charge >= 0.3 is 5.97 Å². The highest BCUT2D eigenvalue weighted by atomic mass is 16.4. The summed E-state index contributed by atoms with van der Waals surface area (Å²) in [7, 11) is 0. The Bertz CT molecular complexity index is 444. The summed E-state index contributed by atoms with van der Waals surface area (Å²) in [6, 6.07) is 8.01. The first-order valence-corrected chi connectivity index (χ1v) is 7.53. The smallest absolute Gasteiger partial charge is 0.303 e. The van der Waals surface area contributed by atoms with E-state index in [2.05, 4.69) is 6.92 Å². The summed E-state index contributed by atoms with van der Waals surface area (Å²) in [6.07, 6.45) is 5.16. The molecule has 2 N–H and O–H groups in total. The monoisotopic (exact) mass is 276 g/mol. The van der Waals surface area contributed by atoms with Crippen LogP contribution in [0.15, 0.2) is 24.3 Å². The fourth-order valence-electron chi connectivity index (χ4n) is 3.40. The van der Waals surface area contributed by atoms with Crippen LogP contribution >= 0.6 is 0 Å². The SMILES string of the molecule is CCc1ccc(C(O)CC2(CC(=O)O)CCCC2)cc1. The Balaban J connectivity index is 2.07. The first-order chi connectivity index (χ1) is 9.54. The molecule has 0 radical (unpaired) electrons. The minimum atomic E-state index is -0.750. The summed E-state index contributed by atoms with van der Waals surface area (Å²) in [5, 5.41) is 19.5. The number of aliphatic carboxylic acids is 1. The second-order valence-corrected chi connectivity index (χ2v) is 6.09. The number of aryl methyl sites for hydroxylation is 1. The van der Waals surface area contributed by atoms with Crippen LogP contribution in [0.4, 0.5) is 0 Å². The average Bonchev–Trinajstić information content (AvgIpc) is 2.86. The van der Waals surface area contributed by atoms with Gasteiger partial charge in [-0.3, -0.25) is 4.79 Å². The molecule has 1 aliphatic rings. The van der Waals surface area contributed by atoms with Gasteiger partial charge in [0, 0.05) is 0 Å². The van der Waals surface area contributed by atoms with Crippen molar-refractivity contribution in [3.05, 3.63) is 35.4 Å². The highest BCUT2D eigenvalue weighted by molar-refractivity contribution is 5.67. The second kappa shape index (κ2) is 6.40. The molecule has 1 atom stereocenters. The number of hydrogen-bond donors (Lipinski definition) is 2. The normalized spacial score (nSPS) is 18.9. The molecule has 1 aliphatic carbocycles. The minimum absolute atomic E-state index is 0.178. The Kier molecular flexibility index (Phi) is 4.81. The van der Waals surface area contributed by atoms with Gasteiger partial charge in [-0.05, 0) is 42.2 Å². The molecule has 0 heterocycles. The van der Waals surface area contributed by atoms with Crippen LogP contribution in [0.1, 0.15) is 62.7 Å². The lowest BCUT2D eigenvalue weighted by Crippen LogP contribution is -2.23. The second-order valence-electron chi connectivity index (χ2n) is 6.09. The van der Waals surface area contributed by atoms with Gasteiger partial charge in [0.05, 0.1) is 12.5 Å². The Morgan fingerprint density at radius 3 is 2.35 bits per heavy atom. The molecule has 0 aromatic heterocycles. The van der Waals surface area contributed by atoms with Gasteiger partial charge in [0.1, 0.15) is 0 Å². The van der Waals surface area contributed by atoms with Crippen LogP contribution in [0.2, 0.25) is 0 Å². The zero-order chi connectivity index (χ0) is 14.6. The van der Waals surface area contributed by atoms with Crippen LogP contribution in [-0.2, 0) is 11.2 Å². The maximum absolute atomic E-state index is 11.1.